The van der Waals surface area contributed by atoms with Gasteiger partial charge in [-0.3, -0.25) is 9.59 Å². The zero-order valence-corrected chi connectivity index (χ0v) is 14.3. The molecule has 1 aliphatic heterocycles. The number of hydrogen-bond acceptors (Lipinski definition) is 2. The van der Waals surface area contributed by atoms with Crippen molar-refractivity contribution in [1.82, 2.24) is 4.90 Å². The summed E-state index contributed by atoms with van der Waals surface area (Å²) in [5.74, 6) is -1.27. The summed E-state index contributed by atoms with van der Waals surface area (Å²) >= 11 is 0. The van der Waals surface area contributed by atoms with Gasteiger partial charge in [-0.2, -0.15) is 13.2 Å². The van der Waals surface area contributed by atoms with Crippen molar-refractivity contribution in [2.45, 2.75) is 19.1 Å². The van der Waals surface area contributed by atoms with Crippen LogP contribution in [0, 0.1) is 5.82 Å². The molecule has 27 heavy (non-hydrogen) atoms. The Morgan fingerprint density at radius 1 is 1.00 bits per heavy atom. The highest BCUT2D eigenvalue weighted by molar-refractivity contribution is 6.03. The van der Waals surface area contributed by atoms with E-state index < -0.39 is 29.5 Å². The molecule has 1 saturated heterocycles. The molecule has 1 heterocycles. The van der Waals surface area contributed by atoms with Crippen LogP contribution in [0.2, 0.25) is 0 Å². The van der Waals surface area contributed by atoms with Crippen LogP contribution in [0.1, 0.15) is 22.8 Å². The molecule has 2 aromatic carbocycles. The van der Waals surface area contributed by atoms with E-state index in [1.54, 1.807) is 6.92 Å². The smallest absolute Gasteiger partial charge is 0.325 e. The molecule has 0 unspecified atom stereocenters. The van der Waals surface area contributed by atoms with E-state index in [2.05, 4.69) is 0 Å². The molecule has 3 rings (SSSR count). The number of rotatable bonds is 2. The molecule has 0 spiro atoms. The number of carbonyl (C=O) groups is 2. The molecule has 4 nitrogen and oxygen atoms in total. The summed E-state index contributed by atoms with van der Waals surface area (Å²) in [5, 5.41) is 0. The number of anilines is 1. The second-order valence-corrected chi connectivity index (χ2v) is 6.22. The first-order chi connectivity index (χ1) is 12.7. The van der Waals surface area contributed by atoms with Gasteiger partial charge in [0, 0.05) is 24.3 Å². The van der Waals surface area contributed by atoms with Crippen LogP contribution in [-0.2, 0) is 11.0 Å². The van der Waals surface area contributed by atoms with E-state index in [1.807, 2.05) is 0 Å². The lowest BCUT2D eigenvalue weighted by molar-refractivity contribution is -0.137. The van der Waals surface area contributed by atoms with Crippen LogP contribution in [0.25, 0.3) is 0 Å². The highest BCUT2D eigenvalue weighted by atomic mass is 19.4. The molecule has 0 aliphatic carbocycles. The fraction of sp³-hybridized carbons (Fsp3) is 0.263. The van der Waals surface area contributed by atoms with Crippen LogP contribution in [0.3, 0.4) is 0 Å². The van der Waals surface area contributed by atoms with Crippen LogP contribution in [0.15, 0.2) is 48.5 Å². The molecule has 1 aliphatic rings. The Hall–Kier alpha value is -2.90. The zero-order chi connectivity index (χ0) is 19.8. The minimum absolute atomic E-state index is 0.0814. The van der Waals surface area contributed by atoms with E-state index in [0.717, 1.165) is 24.3 Å². The molecule has 0 bridgehead atoms. The average Bonchev–Trinajstić information content (AvgIpc) is 2.64. The summed E-state index contributed by atoms with van der Waals surface area (Å²) in [7, 11) is 0. The first-order valence-electron chi connectivity index (χ1n) is 8.23. The van der Waals surface area contributed by atoms with Gasteiger partial charge in [0.25, 0.3) is 5.91 Å². The number of hydrogen-bond donors (Lipinski definition) is 0. The van der Waals surface area contributed by atoms with Crippen LogP contribution in [0.4, 0.5) is 23.2 Å². The number of benzene rings is 2. The molecule has 0 radical (unpaired) electrons. The van der Waals surface area contributed by atoms with Crippen molar-refractivity contribution in [3.8, 4) is 0 Å². The van der Waals surface area contributed by atoms with E-state index in [0.29, 0.717) is 5.69 Å². The van der Waals surface area contributed by atoms with Gasteiger partial charge >= 0.3 is 6.18 Å². The number of piperazine rings is 1. The second-order valence-electron chi connectivity index (χ2n) is 6.22. The molecule has 142 valence electrons. The summed E-state index contributed by atoms with van der Waals surface area (Å²) in [6, 6.07) is 8.55. The van der Waals surface area contributed by atoms with Crippen molar-refractivity contribution in [2.75, 3.05) is 18.0 Å². The van der Waals surface area contributed by atoms with E-state index in [1.165, 1.54) is 34.1 Å². The third-order valence-corrected chi connectivity index (χ3v) is 4.51. The third kappa shape index (κ3) is 3.79. The lowest BCUT2D eigenvalue weighted by Gasteiger charge is -2.39. The topological polar surface area (TPSA) is 40.6 Å². The van der Waals surface area contributed by atoms with Gasteiger partial charge in [0.1, 0.15) is 11.9 Å². The van der Waals surface area contributed by atoms with Crippen molar-refractivity contribution >= 4 is 17.5 Å². The van der Waals surface area contributed by atoms with Crippen LogP contribution in [-0.4, -0.2) is 35.8 Å². The Morgan fingerprint density at radius 2 is 1.59 bits per heavy atom. The first-order valence-corrected chi connectivity index (χ1v) is 8.23. The molecule has 1 atom stereocenters. The Morgan fingerprint density at radius 3 is 2.15 bits per heavy atom. The van der Waals surface area contributed by atoms with Crippen molar-refractivity contribution in [3.63, 3.8) is 0 Å². The molecule has 1 fully saturated rings. The summed E-state index contributed by atoms with van der Waals surface area (Å²) in [6.45, 7) is 1.98. The largest absolute Gasteiger partial charge is 0.416 e. The zero-order valence-electron chi connectivity index (χ0n) is 14.3. The van der Waals surface area contributed by atoms with Crippen molar-refractivity contribution in [1.29, 1.82) is 0 Å². The minimum Gasteiger partial charge on any atom is -0.325 e. The molecular weight excluding hydrogens is 364 g/mol. The van der Waals surface area contributed by atoms with Crippen molar-refractivity contribution < 1.29 is 27.2 Å². The molecule has 0 N–H and O–H groups in total. The summed E-state index contributed by atoms with van der Waals surface area (Å²) < 4.78 is 51.0. The molecule has 8 heteroatoms. The third-order valence-electron chi connectivity index (χ3n) is 4.51. The molecule has 2 aromatic rings. The first kappa shape index (κ1) is 18.9. The minimum atomic E-state index is -4.48. The Kier molecular flexibility index (Phi) is 4.91. The van der Waals surface area contributed by atoms with Gasteiger partial charge in [0.05, 0.1) is 5.56 Å². The Labute approximate surface area is 153 Å². The van der Waals surface area contributed by atoms with Crippen LogP contribution >= 0.6 is 0 Å². The molecular formula is C19H16F4N2O2. The quantitative estimate of drug-likeness (QED) is 0.745. The highest BCUT2D eigenvalue weighted by Gasteiger charge is 2.36. The normalized spacial score (nSPS) is 18.0. The highest BCUT2D eigenvalue weighted by Crippen LogP contribution is 2.29. The predicted octanol–water partition coefficient (Wildman–Crippen LogP) is 3.72. The fourth-order valence-corrected chi connectivity index (χ4v) is 2.99. The standard InChI is InChI=1S/C19H16F4N2O2/c1-12-17(26)25(16-8-6-15(20)7-9-16)11-10-24(12)18(27)13-2-4-14(5-3-13)19(21,22)23/h2-9,12H,10-11H2,1H3/t12-/m1/s1. The van der Waals surface area contributed by atoms with Crippen molar-refractivity contribution in [3.05, 3.63) is 65.5 Å². The number of carbonyl (C=O) groups excluding carboxylic acids is 2. The van der Waals surface area contributed by atoms with Gasteiger partial charge < -0.3 is 9.80 Å². The second kappa shape index (κ2) is 7.02. The van der Waals surface area contributed by atoms with Crippen LogP contribution < -0.4 is 4.90 Å². The van der Waals surface area contributed by atoms with Crippen LogP contribution in [0.5, 0.6) is 0 Å². The Balaban J connectivity index is 1.76. The maximum atomic E-state index is 13.1. The maximum absolute atomic E-state index is 13.1. The van der Waals surface area contributed by atoms with E-state index in [4.69, 9.17) is 0 Å². The summed E-state index contributed by atoms with van der Waals surface area (Å²) in [4.78, 5) is 28.0. The number of halogens is 4. The lowest BCUT2D eigenvalue weighted by atomic mass is 10.1. The molecule has 0 saturated carbocycles. The summed E-state index contributed by atoms with van der Waals surface area (Å²) in [6.07, 6.45) is -4.48. The fourth-order valence-electron chi connectivity index (χ4n) is 2.99. The van der Waals surface area contributed by atoms with Gasteiger partial charge in [0.15, 0.2) is 0 Å². The van der Waals surface area contributed by atoms with Gasteiger partial charge in [-0.05, 0) is 55.5 Å². The number of nitrogens with zero attached hydrogens (tertiary/aromatic N) is 2. The van der Waals surface area contributed by atoms with E-state index in [9.17, 15) is 27.2 Å². The van der Waals surface area contributed by atoms with Gasteiger partial charge in [-0.25, -0.2) is 4.39 Å². The predicted molar refractivity (Wildman–Crippen MR) is 90.7 cm³/mol. The summed E-state index contributed by atoms with van der Waals surface area (Å²) in [5.41, 5.74) is -0.239. The average molecular weight is 380 g/mol. The maximum Gasteiger partial charge on any atom is 0.416 e. The Bertz CT molecular complexity index is 848. The van der Waals surface area contributed by atoms with Crippen molar-refractivity contribution in [2.24, 2.45) is 0 Å². The number of alkyl halides is 3. The molecule has 2 amide bonds. The van der Waals surface area contributed by atoms with Gasteiger partial charge in [-0.15, -0.1) is 0 Å². The SMILES string of the molecule is C[C@@H]1C(=O)N(c2ccc(F)cc2)CCN1C(=O)c1ccc(C(F)(F)F)cc1. The van der Waals surface area contributed by atoms with E-state index in [-0.39, 0.29) is 24.6 Å². The van der Waals surface area contributed by atoms with Gasteiger partial charge in [-0.1, -0.05) is 0 Å². The number of amides is 2. The van der Waals surface area contributed by atoms with E-state index >= 15 is 0 Å². The molecule has 0 aromatic heterocycles. The van der Waals surface area contributed by atoms with Gasteiger partial charge in [0.2, 0.25) is 5.91 Å². The monoisotopic (exact) mass is 380 g/mol. The lowest BCUT2D eigenvalue weighted by Crippen LogP contribution is -2.57.